The third-order valence-corrected chi connectivity index (χ3v) is 5.58. The Bertz CT molecular complexity index is 1200. The van der Waals surface area contributed by atoms with E-state index in [9.17, 15) is 13.6 Å². The Labute approximate surface area is 196 Å². The molecule has 0 aliphatic carbocycles. The Hall–Kier alpha value is -3.94. The molecule has 1 atom stereocenters. The van der Waals surface area contributed by atoms with Crippen molar-refractivity contribution in [3.05, 3.63) is 95.1 Å². The van der Waals surface area contributed by atoms with Crippen molar-refractivity contribution in [2.24, 2.45) is 5.16 Å². The van der Waals surface area contributed by atoms with E-state index in [1.54, 1.807) is 31.4 Å². The molecular formula is C26H24F2N2O4. The third-order valence-electron chi connectivity index (χ3n) is 5.58. The maximum Gasteiger partial charge on any atom is 0.254 e. The highest BCUT2D eigenvalue weighted by atomic mass is 19.1. The average molecular weight is 466 g/mol. The topological polar surface area (TPSA) is 60.4 Å². The van der Waals surface area contributed by atoms with E-state index in [1.807, 2.05) is 24.3 Å². The van der Waals surface area contributed by atoms with Crippen LogP contribution in [0.3, 0.4) is 0 Å². The molecule has 0 saturated heterocycles. The molecule has 0 fully saturated rings. The Balaban J connectivity index is 1.55. The van der Waals surface area contributed by atoms with Crippen LogP contribution in [0.15, 0.2) is 71.9 Å². The molecule has 0 saturated carbocycles. The number of hydrogen-bond acceptors (Lipinski definition) is 5. The maximum atomic E-state index is 14.4. The summed E-state index contributed by atoms with van der Waals surface area (Å²) >= 11 is 0. The van der Waals surface area contributed by atoms with Crippen LogP contribution in [0.5, 0.6) is 11.5 Å². The van der Waals surface area contributed by atoms with Gasteiger partial charge in [0.05, 0.1) is 26.5 Å². The summed E-state index contributed by atoms with van der Waals surface area (Å²) in [7, 11) is 3.12. The zero-order valence-corrected chi connectivity index (χ0v) is 18.8. The number of ether oxygens (including phenoxy) is 2. The summed E-state index contributed by atoms with van der Waals surface area (Å²) in [6, 6.07) is 17.4. The summed E-state index contributed by atoms with van der Waals surface area (Å²) in [5.41, 5.74) is 2.12. The molecule has 6 nitrogen and oxygen atoms in total. The molecule has 34 heavy (non-hydrogen) atoms. The fraction of sp³-hybridized carbons (Fsp3) is 0.231. The first-order chi connectivity index (χ1) is 16.5. The number of benzene rings is 3. The number of nitrogens with zero attached hydrogens (tertiary/aromatic N) is 2. The van der Waals surface area contributed by atoms with Gasteiger partial charge in [0, 0.05) is 35.7 Å². The van der Waals surface area contributed by atoms with E-state index in [-0.39, 0.29) is 24.6 Å². The Morgan fingerprint density at radius 3 is 2.53 bits per heavy atom. The number of hydrogen-bond donors (Lipinski definition) is 0. The molecule has 0 radical (unpaired) electrons. The predicted molar refractivity (Wildman–Crippen MR) is 123 cm³/mol. The fourth-order valence-electron chi connectivity index (χ4n) is 3.81. The van der Waals surface area contributed by atoms with Crippen molar-refractivity contribution in [2.45, 2.75) is 19.1 Å². The van der Waals surface area contributed by atoms with Crippen LogP contribution in [-0.2, 0) is 11.4 Å². The van der Waals surface area contributed by atoms with Crippen molar-refractivity contribution < 1.29 is 27.9 Å². The minimum absolute atomic E-state index is 0.0547. The van der Waals surface area contributed by atoms with E-state index in [0.29, 0.717) is 29.2 Å². The summed E-state index contributed by atoms with van der Waals surface area (Å²) in [5, 5.41) is 4.20. The lowest BCUT2D eigenvalue weighted by Crippen LogP contribution is -2.37. The van der Waals surface area contributed by atoms with Gasteiger partial charge in [-0.15, -0.1) is 0 Å². The van der Waals surface area contributed by atoms with Crippen LogP contribution in [0.2, 0.25) is 0 Å². The van der Waals surface area contributed by atoms with Crippen LogP contribution in [0.25, 0.3) is 0 Å². The van der Waals surface area contributed by atoms with E-state index in [1.165, 1.54) is 24.1 Å². The molecule has 1 unspecified atom stereocenters. The van der Waals surface area contributed by atoms with Gasteiger partial charge in [-0.1, -0.05) is 23.4 Å². The predicted octanol–water partition coefficient (Wildman–Crippen LogP) is 4.82. The summed E-state index contributed by atoms with van der Waals surface area (Å²) in [6.45, 7) is 0.102. The standard InChI is InChI=1S/C26H24F2N2O4/c1-32-20-11-8-17(9-12-20)26(31)30(15-18-7-10-19(27)13-23(18)28)16-21-14-24(29-34-21)22-5-3-4-6-25(22)33-2/h3-13,21H,14-16H2,1-2H3. The first-order valence-corrected chi connectivity index (χ1v) is 10.7. The van der Waals surface area contributed by atoms with Crippen molar-refractivity contribution in [2.75, 3.05) is 20.8 Å². The second kappa shape index (κ2) is 10.3. The van der Waals surface area contributed by atoms with Crippen molar-refractivity contribution in [3.63, 3.8) is 0 Å². The Morgan fingerprint density at radius 1 is 1.06 bits per heavy atom. The molecule has 1 aliphatic heterocycles. The van der Waals surface area contributed by atoms with Crippen LogP contribution in [0, 0.1) is 11.6 Å². The number of carbonyl (C=O) groups is 1. The van der Waals surface area contributed by atoms with Gasteiger partial charge in [-0.3, -0.25) is 4.79 Å². The van der Waals surface area contributed by atoms with E-state index in [4.69, 9.17) is 14.3 Å². The highest BCUT2D eigenvalue weighted by Gasteiger charge is 2.29. The number of para-hydroxylation sites is 1. The highest BCUT2D eigenvalue weighted by Crippen LogP contribution is 2.26. The smallest absolute Gasteiger partial charge is 0.254 e. The average Bonchev–Trinajstić information content (AvgIpc) is 3.33. The Morgan fingerprint density at radius 2 is 1.82 bits per heavy atom. The van der Waals surface area contributed by atoms with Crippen LogP contribution in [-0.4, -0.2) is 43.4 Å². The van der Waals surface area contributed by atoms with Crippen molar-refractivity contribution in [3.8, 4) is 11.5 Å². The molecule has 0 spiro atoms. The van der Waals surface area contributed by atoms with Gasteiger partial charge in [0.25, 0.3) is 5.91 Å². The van der Waals surface area contributed by atoms with E-state index in [2.05, 4.69) is 5.16 Å². The minimum atomic E-state index is -0.717. The quantitative estimate of drug-likeness (QED) is 0.478. The largest absolute Gasteiger partial charge is 0.497 e. The highest BCUT2D eigenvalue weighted by molar-refractivity contribution is 6.03. The van der Waals surface area contributed by atoms with Gasteiger partial charge in [-0.25, -0.2) is 8.78 Å². The molecule has 0 bridgehead atoms. The van der Waals surface area contributed by atoms with Crippen molar-refractivity contribution in [1.29, 1.82) is 0 Å². The lowest BCUT2D eigenvalue weighted by molar-refractivity contribution is 0.0403. The number of amides is 1. The molecule has 0 N–H and O–H groups in total. The van der Waals surface area contributed by atoms with Crippen LogP contribution in [0.1, 0.15) is 27.9 Å². The van der Waals surface area contributed by atoms with Crippen molar-refractivity contribution in [1.82, 2.24) is 4.90 Å². The molecule has 3 aromatic carbocycles. The zero-order valence-electron chi connectivity index (χ0n) is 18.8. The number of rotatable bonds is 8. The van der Waals surface area contributed by atoms with E-state index >= 15 is 0 Å². The molecule has 1 aliphatic rings. The summed E-state index contributed by atoms with van der Waals surface area (Å²) in [5.74, 6) is -0.429. The molecule has 1 heterocycles. The van der Waals surface area contributed by atoms with Crippen LogP contribution < -0.4 is 9.47 Å². The van der Waals surface area contributed by atoms with Gasteiger partial charge in [0.15, 0.2) is 6.10 Å². The first kappa shape index (κ1) is 23.2. The van der Waals surface area contributed by atoms with E-state index in [0.717, 1.165) is 11.6 Å². The fourth-order valence-corrected chi connectivity index (χ4v) is 3.81. The van der Waals surface area contributed by atoms with Gasteiger partial charge >= 0.3 is 0 Å². The maximum absolute atomic E-state index is 14.4. The molecule has 1 amide bonds. The lowest BCUT2D eigenvalue weighted by Gasteiger charge is -2.25. The SMILES string of the molecule is COc1ccc(C(=O)N(Cc2ccc(F)cc2F)CC2CC(c3ccccc3OC)=NO2)cc1. The number of carbonyl (C=O) groups excluding carboxylic acids is 1. The first-order valence-electron chi connectivity index (χ1n) is 10.7. The Kier molecular flexibility index (Phi) is 7.06. The molecule has 3 aromatic rings. The number of methoxy groups -OCH3 is 2. The van der Waals surface area contributed by atoms with Gasteiger partial charge in [-0.2, -0.15) is 0 Å². The second-order valence-corrected chi connectivity index (χ2v) is 7.82. The molecule has 8 heteroatoms. The molecule has 0 aromatic heterocycles. The monoisotopic (exact) mass is 466 g/mol. The third kappa shape index (κ3) is 5.17. The second-order valence-electron chi connectivity index (χ2n) is 7.82. The van der Waals surface area contributed by atoms with Crippen LogP contribution in [0.4, 0.5) is 8.78 Å². The van der Waals surface area contributed by atoms with Gasteiger partial charge < -0.3 is 19.2 Å². The zero-order chi connectivity index (χ0) is 24.1. The van der Waals surface area contributed by atoms with Gasteiger partial charge in [0.1, 0.15) is 23.1 Å². The number of oxime groups is 1. The van der Waals surface area contributed by atoms with E-state index < -0.39 is 17.7 Å². The summed E-state index contributed by atoms with van der Waals surface area (Å²) < 4.78 is 38.4. The van der Waals surface area contributed by atoms with Crippen LogP contribution >= 0.6 is 0 Å². The summed E-state index contributed by atoms with van der Waals surface area (Å²) in [4.78, 5) is 20.4. The normalized spacial score (nSPS) is 14.8. The van der Waals surface area contributed by atoms with Crippen molar-refractivity contribution >= 4 is 11.6 Å². The van der Waals surface area contributed by atoms with Gasteiger partial charge in [-0.05, 0) is 42.5 Å². The lowest BCUT2D eigenvalue weighted by atomic mass is 10.0. The molecule has 176 valence electrons. The number of halogens is 2. The summed E-state index contributed by atoms with van der Waals surface area (Å²) in [6.07, 6.45) is 0.00388. The van der Waals surface area contributed by atoms with Gasteiger partial charge in [0.2, 0.25) is 0 Å². The molecule has 4 rings (SSSR count). The minimum Gasteiger partial charge on any atom is -0.497 e. The molecular weight excluding hydrogens is 442 g/mol.